The summed E-state index contributed by atoms with van der Waals surface area (Å²) in [6.45, 7) is 16.1. The van der Waals surface area contributed by atoms with Gasteiger partial charge in [0.25, 0.3) is 0 Å². The highest BCUT2D eigenvalue weighted by atomic mass is 32.1. The number of hydrogen-bond acceptors (Lipinski definition) is 17. The van der Waals surface area contributed by atoms with Crippen LogP contribution in [0.15, 0.2) is 4.99 Å². The molecule has 0 heterocycles. The van der Waals surface area contributed by atoms with Crippen LogP contribution < -0.4 is 81.8 Å². The molecule has 32 nitrogen and oxygen atoms in total. The lowest BCUT2D eigenvalue weighted by molar-refractivity contribution is -0.143. The van der Waals surface area contributed by atoms with Crippen LogP contribution >= 0.6 is 12.6 Å². The van der Waals surface area contributed by atoms with Crippen molar-refractivity contribution in [3.05, 3.63) is 0 Å². The number of carboxylic acid groups (broad SMARTS) is 2. The van der Waals surface area contributed by atoms with Gasteiger partial charge in [0.1, 0.15) is 54.4 Å². The first-order valence-corrected chi connectivity index (χ1v) is 29.0. The molecule has 0 bridgehead atoms. The summed E-state index contributed by atoms with van der Waals surface area (Å²) in [7, 11) is 0. The van der Waals surface area contributed by atoms with Crippen LogP contribution in [0, 0.1) is 29.6 Å². The Morgan fingerprint density at radius 3 is 1.36 bits per heavy atom. The predicted molar refractivity (Wildman–Crippen MR) is 317 cm³/mol. The molecule has 86 heavy (non-hydrogen) atoms. The van der Waals surface area contributed by atoms with E-state index >= 15 is 0 Å². The third-order valence-corrected chi connectivity index (χ3v) is 13.4. The molecular formula is C53H94N16O16S. The Balaban J connectivity index is 6.71. The van der Waals surface area contributed by atoms with Crippen molar-refractivity contribution < 1.29 is 77.3 Å². The van der Waals surface area contributed by atoms with E-state index in [9.17, 15) is 77.3 Å². The molecule has 0 fully saturated rings. The lowest BCUT2D eigenvalue weighted by Crippen LogP contribution is -2.61. The van der Waals surface area contributed by atoms with E-state index in [0.29, 0.717) is 6.42 Å². The van der Waals surface area contributed by atoms with E-state index in [2.05, 4.69) is 70.8 Å². The van der Waals surface area contributed by atoms with Crippen LogP contribution in [0.4, 0.5) is 0 Å². The molecule has 0 aromatic heterocycles. The van der Waals surface area contributed by atoms with Crippen LogP contribution in [-0.2, 0) is 67.1 Å². The summed E-state index contributed by atoms with van der Waals surface area (Å²) in [5.41, 5.74) is 27.8. The van der Waals surface area contributed by atoms with Crippen molar-refractivity contribution in [2.24, 2.45) is 63.3 Å². The zero-order valence-corrected chi connectivity index (χ0v) is 51.6. The Bertz CT molecular complexity index is 2390. The smallest absolute Gasteiger partial charge is 0.326 e. The molecule has 0 saturated carbocycles. The van der Waals surface area contributed by atoms with Gasteiger partial charge in [-0.05, 0) is 68.1 Å². The molecule has 0 spiro atoms. The summed E-state index contributed by atoms with van der Waals surface area (Å²) in [6.07, 6.45) is -2.23. The number of nitrogens with one attached hydrogen (secondary N) is 10. The molecule has 12 amide bonds. The van der Waals surface area contributed by atoms with Crippen molar-refractivity contribution in [2.75, 3.05) is 18.8 Å². The minimum atomic E-state index is -1.94. The summed E-state index contributed by atoms with van der Waals surface area (Å²) in [5, 5.41) is 43.5. The number of nitrogens with two attached hydrogens (primary N) is 5. The summed E-state index contributed by atoms with van der Waals surface area (Å²) in [5.74, 6) is -16.9. The number of rotatable bonds is 42. The molecule has 488 valence electrons. The lowest BCUT2D eigenvalue weighted by Gasteiger charge is -2.29. The first kappa shape index (κ1) is 78.2. The second kappa shape index (κ2) is 39.7. The van der Waals surface area contributed by atoms with E-state index in [0.717, 1.165) is 0 Å². The molecule has 0 aliphatic rings. The molecule has 11 atom stereocenters. The minimum Gasteiger partial charge on any atom is -0.481 e. The summed E-state index contributed by atoms with van der Waals surface area (Å²) in [6, 6.07) is -14.8. The number of guanidine groups is 1. The lowest BCUT2D eigenvalue weighted by atomic mass is 9.98. The van der Waals surface area contributed by atoms with Crippen molar-refractivity contribution in [1.82, 2.24) is 53.2 Å². The van der Waals surface area contributed by atoms with Gasteiger partial charge in [0.2, 0.25) is 70.9 Å². The SMILES string of the molecule is CC[C@H](C)[C@H](N)C(=O)N[C@@H](CCC(N)=O)C(=O)N[C@H](C(=O)N[C@@H](CC(N)=O)C(=O)N[C@@H](CC(C)C)C(=O)N[C@@H](CCCN=C(N)N)C(=O)N[C@@H](CC(=O)O)C(=O)N[C@@H](CS)C(=O)NCC(=O)N[C@@H](CC(C)C)C(=O)N[C@@H](CC(C)C)C(=O)O)C(C)C. The quantitative estimate of drug-likeness (QED) is 0.0118. The van der Waals surface area contributed by atoms with Gasteiger partial charge in [0.05, 0.1) is 25.4 Å². The number of carbonyl (C=O) groups is 14. The maximum Gasteiger partial charge on any atom is 0.326 e. The number of primary amides is 2. The zero-order valence-electron chi connectivity index (χ0n) is 50.7. The van der Waals surface area contributed by atoms with Crippen molar-refractivity contribution in [2.45, 2.75) is 194 Å². The highest BCUT2D eigenvalue weighted by Gasteiger charge is 2.37. The van der Waals surface area contributed by atoms with Gasteiger partial charge in [-0.25, -0.2) is 4.79 Å². The highest BCUT2D eigenvalue weighted by molar-refractivity contribution is 7.80. The fourth-order valence-corrected chi connectivity index (χ4v) is 8.40. The molecule has 0 aliphatic carbocycles. The number of carbonyl (C=O) groups excluding carboxylic acids is 12. The fourth-order valence-electron chi connectivity index (χ4n) is 8.14. The topological polar surface area (TPSA) is 542 Å². The number of carboxylic acids is 2. The molecule has 0 unspecified atom stereocenters. The van der Waals surface area contributed by atoms with Crippen LogP contribution in [0.2, 0.25) is 0 Å². The molecule has 0 aromatic carbocycles. The Hall–Kier alpha value is -7.84. The Morgan fingerprint density at radius 2 is 0.895 bits per heavy atom. The standard InChI is InChI=1S/C53H94N16O16S/c1-11-28(10)41(56)50(82)63-30(14-15-37(54)70)45(77)69-42(27(8)9)51(83)66-33(20-38(55)71)48(80)64-32(18-25(4)5)47(79)62-29(13-12-16-59-53(57)58)44(76)65-34(21-40(73)74)49(81)68-36(23-86)43(75)60-22-39(72)61-31(17-24(2)3)46(78)67-35(52(84)85)19-26(6)7/h24-36,41-42,86H,11-23,56H2,1-10H3,(H2,54,70)(H2,55,71)(H,60,75)(H,61,72)(H,62,79)(H,63,82)(H,64,80)(H,65,76)(H,66,83)(H,67,78)(H,68,81)(H,69,77)(H,73,74)(H,84,85)(H4,57,58,59)/t28-,29-,30-,31-,32-,33-,34-,35-,36-,41-,42-/m0/s1. The third kappa shape index (κ3) is 31.3. The summed E-state index contributed by atoms with van der Waals surface area (Å²) in [4.78, 5) is 188. The molecule has 0 radical (unpaired) electrons. The number of nitrogens with zero attached hydrogens (tertiary/aromatic N) is 1. The minimum absolute atomic E-state index is 0.0171. The van der Waals surface area contributed by atoms with Gasteiger partial charge < -0.3 is 92.0 Å². The second-order valence-corrected chi connectivity index (χ2v) is 22.9. The number of aliphatic imine (C=N–C) groups is 1. The van der Waals surface area contributed by atoms with Crippen molar-refractivity contribution in [1.29, 1.82) is 0 Å². The summed E-state index contributed by atoms with van der Waals surface area (Å²) >= 11 is 4.11. The molecular weight excluding hydrogens is 1150 g/mol. The maximum atomic E-state index is 14.2. The highest BCUT2D eigenvalue weighted by Crippen LogP contribution is 2.13. The maximum absolute atomic E-state index is 14.2. The van der Waals surface area contributed by atoms with Gasteiger partial charge >= 0.3 is 11.9 Å². The number of aliphatic carboxylic acids is 2. The van der Waals surface area contributed by atoms with Crippen LogP contribution in [0.5, 0.6) is 0 Å². The molecule has 0 saturated heterocycles. The Kier molecular flexibility index (Phi) is 36.1. The van der Waals surface area contributed by atoms with Crippen LogP contribution in [0.3, 0.4) is 0 Å². The van der Waals surface area contributed by atoms with E-state index in [-0.39, 0.29) is 81.1 Å². The first-order valence-electron chi connectivity index (χ1n) is 28.4. The van der Waals surface area contributed by atoms with Gasteiger partial charge in [0, 0.05) is 18.7 Å². The number of hydrogen-bond donors (Lipinski definition) is 18. The van der Waals surface area contributed by atoms with Gasteiger partial charge in [-0.1, -0.05) is 75.7 Å². The first-order chi connectivity index (χ1) is 39.9. The van der Waals surface area contributed by atoms with Crippen LogP contribution in [0.25, 0.3) is 0 Å². The average molecular weight is 1240 g/mol. The zero-order chi connectivity index (χ0) is 66.3. The fraction of sp³-hybridized carbons (Fsp3) is 0.717. The largest absolute Gasteiger partial charge is 0.481 e. The van der Waals surface area contributed by atoms with Gasteiger partial charge in [0.15, 0.2) is 5.96 Å². The number of thiol groups is 1. The Morgan fingerprint density at radius 1 is 0.477 bits per heavy atom. The summed E-state index contributed by atoms with van der Waals surface area (Å²) < 4.78 is 0. The monoisotopic (exact) mass is 1240 g/mol. The van der Waals surface area contributed by atoms with Crippen LogP contribution in [0.1, 0.15) is 133 Å². The average Bonchev–Trinajstić information content (AvgIpc) is 3.63. The van der Waals surface area contributed by atoms with E-state index in [1.165, 1.54) is 13.8 Å². The third-order valence-electron chi connectivity index (χ3n) is 13.0. The Labute approximate surface area is 506 Å². The molecule has 0 aromatic rings. The van der Waals surface area contributed by atoms with E-state index in [1.54, 1.807) is 55.4 Å². The van der Waals surface area contributed by atoms with E-state index in [4.69, 9.17) is 28.7 Å². The second-order valence-electron chi connectivity index (χ2n) is 22.5. The van der Waals surface area contributed by atoms with Gasteiger partial charge in [-0.3, -0.25) is 67.3 Å². The van der Waals surface area contributed by atoms with Crippen molar-refractivity contribution in [3.8, 4) is 0 Å². The molecule has 0 aliphatic heterocycles. The van der Waals surface area contributed by atoms with Crippen molar-refractivity contribution >= 4 is 101 Å². The van der Waals surface area contributed by atoms with Gasteiger partial charge in [-0.15, -0.1) is 0 Å². The van der Waals surface area contributed by atoms with E-state index in [1.807, 2.05) is 0 Å². The predicted octanol–water partition coefficient (Wildman–Crippen LogP) is -4.68. The van der Waals surface area contributed by atoms with Crippen LogP contribution in [-0.4, -0.2) is 178 Å². The molecule has 33 heteroatoms. The van der Waals surface area contributed by atoms with Gasteiger partial charge in [-0.2, -0.15) is 12.6 Å². The molecule has 22 N–H and O–H groups in total. The number of amides is 12. The van der Waals surface area contributed by atoms with E-state index < -0.39 is 174 Å². The molecule has 0 rings (SSSR count). The normalized spacial score (nSPS) is 15.0. The van der Waals surface area contributed by atoms with Crippen molar-refractivity contribution in [3.63, 3.8) is 0 Å².